The Morgan fingerprint density at radius 2 is 1.02 bits per heavy atom. The molecule has 47 heavy (non-hydrogen) atoms. The number of pyridine rings is 1. The van der Waals surface area contributed by atoms with Gasteiger partial charge in [0.1, 0.15) is 11.2 Å². The van der Waals surface area contributed by atoms with Crippen molar-refractivity contribution in [3.05, 3.63) is 158 Å². The Bertz CT molecular complexity index is 2500. The summed E-state index contributed by atoms with van der Waals surface area (Å²) in [4.78, 5) is 19.7. The van der Waals surface area contributed by atoms with Crippen LogP contribution in [0.5, 0.6) is 0 Å². The SMILES string of the molecule is c1ccc(-c2cc(-c3ccccc3)cc(-c3nc(-c4ccccc4)nc(-c4cccc5oc6c7ccncc7ccc6c45)n3)c2)cc1. The van der Waals surface area contributed by atoms with E-state index in [0.717, 1.165) is 71.7 Å². The average Bonchev–Trinajstić information content (AvgIpc) is 3.55. The van der Waals surface area contributed by atoms with Crippen molar-refractivity contribution in [2.45, 2.75) is 0 Å². The molecule has 5 heteroatoms. The molecule has 9 aromatic rings. The summed E-state index contributed by atoms with van der Waals surface area (Å²) in [6.07, 6.45) is 3.66. The molecule has 3 heterocycles. The summed E-state index contributed by atoms with van der Waals surface area (Å²) in [6, 6.07) is 49.8. The Morgan fingerprint density at radius 3 is 1.70 bits per heavy atom. The zero-order chi connectivity index (χ0) is 31.2. The summed E-state index contributed by atoms with van der Waals surface area (Å²) in [5.41, 5.74) is 8.76. The molecule has 0 atom stereocenters. The summed E-state index contributed by atoms with van der Waals surface area (Å²) in [5, 5.41) is 4.03. The third kappa shape index (κ3) is 4.82. The van der Waals surface area contributed by atoms with E-state index in [1.54, 1.807) is 6.20 Å². The molecule has 0 spiro atoms. The van der Waals surface area contributed by atoms with Crippen molar-refractivity contribution in [2.24, 2.45) is 0 Å². The lowest BCUT2D eigenvalue weighted by atomic mass is 9.96. The molecule has 0 aliphatic heterocycles. The second-order valence-electron chi connectivity index (χ2n) is 11.5. The Balaban J connectivity index is 1.31. The van der Waals surface area contributed by atoms with Gasteiger partial charge in [-0.05, 0) is 58.7 Å². The van der Waals surface area contributed by atoms with E-state index in [1.165, 1.54) is 0 Å². The Morgan fingerprint density at radius 1 is 0.426 bits per heavy atom. The monoisotopic (exact) mass is 602 g/mol. The molecule has 0 aliphatic carbocycles. The van der Waals surface area contributed by atoms with Crippen molar-refractivity contribution in [2.75, 3.05) is 0 Å². The first-order chi connectivity index (χ1) is 23.3. The summed E-state index contributed by atoms with van der Waals surface area (Å²) < 4.78 is 6.49. The van der Waals surface area contributed by atoms with Crippen LogP contribution >= 0.6 is 0 Å². The van der Waals surface area contributed by atoms with Gasteiger partial charge in [0.2, 0.25) is 0 Å². The minimum Gasteiger partial charge on any atom is -0.455 e. The van der Waals surface area contributed by atoms with Crippen molar-refractivity contribution in [3.8, 4) is 56.4 Å². The lowest BCUT2D eigenvalue weighted by molar-refractivity contribution is 0.672. The second kappa shape index (κ2) is 11.2. The Hall–Kier alpha value is -6.46. The van der Waals surface area contributed by atoms with E-state index in [9.17, 15) is 0 Å². The fraction of sp³-hybridized carbons (Fsp3) is 0. The quantitative estimate of drug-likeness (QED) is 0.196. The number of hydrogen-bond acceptors (Lipinski definition) is 5. The predicted octanol–water partition coefficient (Wildman–Crippen LogP) is 10.7. The molecule has 0 radical (unpaired) electrons. The molecule has 0 saturated carbocycles. The van der Waals surface area contributed by atoms with Gasteiger partial charge in [-0.25, -0.2) is 15.0 Å². The van der Waals surface area contributed by atoms with Gasteiger partial charge in [-0.1, -0.05) is 109 Å². The molecule has 0 saturated heterocycles. The molecular formula is C42H26N4O. The first-order valence-corrected chi connectivity index (χ1v) is 15.5. The van der Waals surface area contributed by atoms with Gasteiger partial charge in [-0.15, -0.1) is 0 Å². The summed E-state index contributed by atoms with van der Waals surface area (Å²) >= 11 is 0. The number of hydrogen-bond donors (Lipinski definition) is 0. The largest absolute Gasteiger partial charge is 0.455 e. The summed E-state index contributed by atoms with van der Waals surface area (Å²) in [7, 11) is 0. The van der Waals surface area contributed by atoms with Gasteiger partial charge in [0.05, 0.1) is 0 Å². The van der Waals surface area contributed by atoms with Crippen LogP contribution in [0.2, 0.25) is 0 Å². The van der Waals surface area contributed by atoms with Gasteiger partial charge in [0, 0.05) is 50.6 Å². The first kappa shape index (κ1) is 26.9. The number of rotatable bonds is 5. The second-order valence-corrected chi connectivity index (χ2v) is 11.5. The lowest BCUT2D eigenvalue weighted by Crippen LogP contribution is -2.01. The molecule has 0 amide bonds. The van der Waals surface area contributed by atoms with E-state index >= 15 is 0 Å². The fourth-order valence-electron chi connectivity index (χ4n) is 6.33. The van der Waals surface area contributed by atoms with E-state index < -0.39 is 0 Å². The molecule has 0 unspecified atom stereocenters. The highest BCUT2D eigenvalue weighted by molar-refractivity contribution is 6.18. The molecular weight excluding hydrogens is 576 g/mol. The number of aromatic nitrogens is 4. The van der Waals surface area contributed by atoms with Crippen LogP contribution in [-0.4, -0.2) is 19.9 Å². The molecule has 0 aliphatic rings. The molecule has 0 bridgehead atoms. The highest BCUT2D eigenvalue weighted by Gasteiger charge is 2.19. The maximum atomic E-state index is 6.49. The maximum Gasteiger partial charge on any atom is 0.164 e. The van der Waals surface area contributed by atoms with E-state index in [-0.39, 0.29) is 0 Å². The Kier molecular flexibility index (Phi) is 6.39. The zero-order valence-corrected chi connectivity index (χ0v) is 25.2. The van der Waals surface area contributed by atoms with Crippen molar-refractivity contribution in [1.29, 1.82) is 0 Å². The van der Waals surface area contributed by atoms with Crippen LogP contribution in [0.15, 0.2) is 162 Å². The third-order valence-electron chi connectivity index (χ3n) is 8.59. The normalized spacial score (nSPS) is 11.4. The Labute approximate surface area is 270 Å². The van der Waals surface area contributed by atoms with Gasteiger partial charge in [0.15, 0.2) is 17.5 Å². The molecule has 9 rings (SSSR count). The molecule has 0 N–H and O–H groups in total. The van der Waals surface area contributed by atoms with Gasteiger partial charge < -0.3 is 4.42 Å². The zero-order valence-electron chi connectivity index (χ0n) is 25.2. The smallest absolute Gasteiger partial charge is 0.164 e. The predicted molar refractivity (Wildman–Crippen MR) is 190 cm³/mol. The number of nitrogens with zero attached hydrogens (tertiary/aromatic N) is 4. The maximum absolute atomic E-state index is 6.49. The molecule has 5 nitrogen and oxygen atoms in total. The number of furan rings is 1. The van der Waals surface area contributed by atoms with E-state index in [0.29, 0.717) is 17.5 Å². The third-order valence-corrected chi connectivity index (χ3v) is 8.59. The van der Waals surface area contributed by atoms with Crippen LogP contribution in [0.4, 0.5) is 0 Å². The van der Waals surface area contributed by atoms with Crippen molar-refractivity contribution in [3.63, 3.8) is 0 Å². The molecule has 0 fully saturated rings. The van der Waals surface area contributed by atoms with Crippen LogP contribution in [0.25, 0.3) is 89.1 Å². The van der Waals surface area contributed by atoms with E-state index in [2.05, 4.69) is 89.9 Å². The van der Waals surface area contributed by atoms with Crippen molar-refractivity contribution in [1.82, 2.24) is 19.9 Å². The van der Waals surface area contributed by atoms with Gasteiger partial charge in [0.25, 0.3) is 0 Å². The lowest BCUT2D eigenvalue weighted by Gasteiger charge is -2.13. The topological polar surface area (TPSA) is 64.7 Å². The highest BCUT2D eigenvalue weighted by atomic mass is 16.3. The minimum absolute atomic E-state index is 0.586. The summed E-state index contributed by atoms with van der Waals surface area (Å²) in [6.45, 7) is 0. The van der Waals surface area contributed by atoms with E-state index in [1.807, 2.05) is 66.9 Å². The van der Waals surface area contributed by atoms with Gasteiger partial charge >= 0.3 is 0 Å². The molecule has 3 aromatic heterocycles. The van der Waals surface area contributed by atoms with Crippen LogP contribution in [0.1, 0.15) is 0 Å². The van der Waals surface area contributed by atoms with Gasteiger partial charge in [-0.3, -0.25) is 4.98 Å². The van der Waals surface area contributed by atoms with Crippen LogP contribution in [0.3, 0.4) is 0 Å². The highest BCUT2D eigenvalue weighted by Crippen LogP contribution is 2.39. The van der Waals surface area contributed by atoms with E-state index in [4.69, 9.17) is 19.4 Å². The van der Waals surface area contributed by atoms with Gasteiger partial charge in [-0.2, -0.15) is 0 Å². The molecule has 6 aromatic carbocycles. The van der Waals surface area contributed by atoms with Crippen LogP contribution in [0, 0.1) is 0 Å². The summed E-state index contributed by atoms with van der Waals surface area (Å²) in [5.74, 6) is 1.80. The first-order valence-electron chi connectivity index (χ1n) is 15.5. The van der Waals surface area contributed by atoms with Crippen LogP contribution in [-0.2, 0) is 0 Å². The standard InChI is InChI=1S/C42H26N4O/c1-4-11-27(12-5-1)31-23-32(28-13-6-2-7-14-28)25-33(24-31)41-44-40(29-15-8-3-9-16-29)45-42(46-41)36-17-10-18-37-38(36)35-20-19-30-26-43-22-21-34(30)39(35)47-37/h1-26H. The van der Waals surface area contributed by atoms with Crippen LogP contribution < -0.4 is 0 Å². The number of fused-ring (bicyclic) bond motifs is 5. The minimum atomic E-state index is 0.586. The number of benzene rings is 6. The fourth-order valence-corrected chi connectivity index (χ4v) is 6.33. The van der Waals surface area contributed by atoms with Crippen molar-refractivity contribution < 1.29 is 4.42 Å². The average molecular weight is 603 g/mol. The molecule has 220 valence electrons. The van der Waals surface area contributed by atoms with Crippen molar-refractivity contribution >= 4 is 32.7 Å².